The molecular formula is C19H19ClN4O3. The van der Waals surface area contributed by atoms with E-state index in [1.54, 1.807) is 42.6 Å². The van der Waals surface area contributed by atoms with Crippen LogP contribution in [0.2, 0.25) is 5.02 Å². The summed E-state index contributed by atoms with van der Waals surface area (Å²) in [5, 5.41) is 7.35. The number of benzene rings is 1. The Morgan fingerprint density at radius 2 is 2.04 bits per heavy atom. The van der Waals surface area contributed by atoms with E-state index in [0.717, 1.165) is 12.0 Å². The fourth-order valence-corrected chi connectivity index (χ4v) is 2.58. The van der Waals surface area contributed by atoms with Crippen LogP contribution in [0, 0.1) is 0 Å². The molecule has 3 aromatic rings. The molecule has 27 heavy (non-hydrogen) atoms. The molecule has 8 heteroatoms. The lowest BCUT2D eigenvalue weighted by molar-refractivity contribution is -0.122. The van der Waals surface area contributed by atoms with Crippen LogP contribution in [0.4, 0.5) is 0 Å². The summed E-state index contributed by atoms with van der Waals surface area (Å²) in [5.41, 5.74) is 0.586. The van der Waals surface area contributed by atoms with E-state index in [2.05, 4.69) is 15.5 Å². The molecule has 0 saturated heterocycles. The number of rotatable bonds is 6. The minimum Gasteiger partial charge on any atom is -0.352 e. The van der Waals surface area contributed by atoms with Crippen molar-refractivity contribution in [2.75, 3.05) is 0 Å². The maximum atomic E-state index is 12.7. The first-order valence-corrected chi connectivity index (χ1v) is 8.94. The summed E-state index contributed by atoms with van der Waals surface area (Å²) in [6.07, 6.45) is 2.37. The number of nitrogens with one attached hydrogen (secondary N) is 1. The fraction of sp³-hybridized carbons (Fsp3) is 0.263. The summed E-state index contributed by atoms with van der Waals surface area (Å²) in [4.78, 5) is 29.0. The minimum absolute atomic E-state index is 0.0502. The van der Waals surface area contributed by atoms with Crippen molar-refractivity contribution < 1.29 is 9.32 Å². The van der Waals surface area contributed by atoms with Crippen molar-refractivity contribution in [3.05, 3.63) is 58.0 Å². The van der Waals surface area contributed by atoms with Gasteiger partial charge in [0.1, 0.15) is 12.1 Å². The molecular weight excluding hydrogens is 368 g/mol. The predicted molar refractivity (Wildman–Crippen MR) is 102 cm³/mol. The lowest BCUT2D eigenvalue weighted by Gasteiger charge is -2.12. The standard InChI is InChI=1S/C19H19ClN4O3/c1-3-12(2)21-16(25)11-24-10-4-5-15(19(24)26)18-22-17(23-27-18)13-6-8-14(20)9-7-13/h4-10,12H,3,11H2,1-2H3,(H,21,25)/t12-/m1/s1. The number of halogens is 1. The molecule has 0 aliphatic rings. The zero-order valence-corrected chi connectivity index (χ0v) is 15.7. The molecule has 1 amide bonds. The van der Waals surface area contributed by atoms with Gasteiger partial charge in [0.2, 0.25) is 11.7 Å². The number of carbonyl (C=O) groups excluding carboxylic acids is 1. The molecule has 0 fully saturated rings. The Morgan fingerprint density at radius 3 is 2.74 bits per heavy atom. The van der Waals surface area contributed by atoms with Gasteiger partial charge in [-0.2, -0.15) is 4.98 Å². The van der Waals surface area contributed by atoms with Gasteiger partial charge in [-0.1, -0.05) is 23.7 Å². The fourth-order valence-electron chi connectivity index (χ4n) is 2.45. The van der Waals surface area contributed by atoms with Crippen molar-refractivity contribution >= 4 is 17.5 Å². The molecule has 3 rings (SSSR count). The Bertz CT molecular complexity index is 995. The number of aromatic nitrogens is 3. The second-order valence-electron chi connectivity index (χ2n) is 6.16. The van der Waals surface area contributed by atoms with Gasteiger partial charge in [-0.05, 0) is 49.7 Å². The van der Waals surface area contributed by atoms with E-state index in [-0.39, 0.29) is 35.5 Å². The smallest absolute Gasteiger partial charge is 0.263 e. The third-order valence-electron chi connectivity index (χ3n) is 4.11. The molecule has 140 valence electrons. The topological polar surface area (TPSA) is 90.0 Å². The van der Waals surface area contributed by atoms with Crippen molar-refractivity contribution in [1.29, 1.82) is 0 Å². The van der Waals surface area contributed by atoms with Gasteiger partial charge in [0.05, 0.1) is 0 Å². The molecule has 0 bridgehead atoms. The largest absolute Gasteiger partial charge is 0.352 e. The Labute approximate surface area is 161 Å². The molecule has 0 aliphatic heterocycles. The number of pyridine rings is 1. The molecule has 0 spiro atoms. The van der Waals surface area contributed by atoms with Crippen LogP contribution in [-0.2, 0) is 11.3 Å². The van der Waals surface area contributed by atoms with E-state index in [9.17, 15) is 9.59 Å². The van der Waals surface area contributed by atoms with E-state index in [0.29, 0.717) is 10.8 Å². The maximum absolute atomic E-state index is 12.7. The highest BCUT2D eigenvalue weighted by molar-refractivity contribution is 6.30. The van der Waals surface area contributed by atoms with E-state index in [1.807, 2.05) is 13.8 Å². The molecule has 0 saturated carbocycles. The normalized spacial score (nSPS) is 12.0. The molecule has 0 unspecified atom stereocenters. The zero-order valence-electron chi connectivity index (χ0n) is 15.0. The minimum atomic E-state index is -0.372. The second-order valence-corrected chi connectivity index (χ2v) is 6.60. The molecule has 7 nitrogen and oxygen atoms in total. The van der Waals surface area contributed by atoms with Gasteiger partial charge < -0.3 is 14.4 Å². The summed E-state index contributed by atoms with van der Waals surface area (Å²) in [6, 6.07) is 10.3. The number of hydrogen-bond acceptors (Lipinski definition) is 5. The third-order valence-corrected chi connectivity index (χ3v) is 4.36. The second kappa shape index (κ2) is 8.18. The lowest BCUT2D eigenvalue weighted by Crippen LogP contribution is -2.37. The van der Waals surface area contributed by atoms with Gasteiger partial charge in [-0.25, -0.2) is 0 Å². The van der Waals surface area contributed by atoms with Crippen LogP contribution in [0.3, 0.4) is 0 Å². The Hall–Kier alpha value is -2.93. The van der Waals surface area contributed by atoms with Gasteiger partial charge in [-0.3, -0.25) is 9.59 Å². The van der Waals surface area contributed by atoms with E-state index in [4.69, 9.17) is 16.1 Å². The first-order valence-electron chi connectivity index (χ1n) is 8.56. The van der Waals surface area contributed by atoms with Gasteiger partial charge in [0.25, 0.3) is 11.4 Å². The van der Waals surface area contributed by atoms with E-state index < -0.39 is 0 Å². The van der Waals surface area contributed by atoms with Crippen LogP contribution in [0.1, 0.15) is 20.3 Å². The molecule has 0 aliphatic carbocycles. The highest BCUT2D eigenvalue weighted by atomic mass is 35.5. The molecule has 0 radical (unpaired) electrons. The Balaban J connectivity index is 1.85. The first-order chi connectivity index (χ1) is 13.0. The average molecular weight is 387 g/mol. The molecule has 1 N–H and O–H groups in total. The maximum Gasteiger partial charge on any atom is 0.263 e. The van der Waals surface area contributed by atoms with Gasteiger partial charge >= 0.3 is 0 Å². The number of carbonyl (C=O) groups is 1. The summed E-state index contributed by atoms with van der Waals surface area (Å²) in [6.45, 7) is 3.81. The highest BCUT2D eigenvalue weighted by Gasteiger charge is 2.16. The van der Waals surface area contributed by atoms with E-state index in [1.165, 1.54) is 4.57 Å². The monoisotopic (exact) mass is 386 g/mol. The first kappa shape index (κ1) is 18.8. The molecule has 2 heterocycles. The number of hydrogen-bond donors (Lipinski definition) is 1. The van der Waals surface area contributed by atoms with Crippen LogP contribution in [0.15, 0.2) is 51.9 Å². The predicted octanol–water partition coefficient (Wildman–Crippen LogP) is 3.13. The zero-order chi connectivity index (χ0) is 19.4. The third kappa shape index (κ3) is 4.43. The van der Waals surface area contributed by atoms with Crippen molar-refractivity contribution in [2.24, 2.45) is 0 Å². The van der Waals surface area contributed by atoms with Gasteiger partial charge in [-0.15, -0.1) is 0 Å². The summed E-state index contributed by atoms with van der Waals surface area (Å²) in [7, 11) is 0. The number of amides is 1. The molecule has 2 aromatic heterocycles. The van der Waals surface area contributed by atoms with Gasteiger partial charge in [0.15, 0.2) is 0 Å². The molecule has 1 aromatic carbocycles. The SMILES string of the molecule is CC[C@@H](C)NC(=O)Cn1cccc(-c2nc(-c3ccc(Cl)cc3)no2)c1=O. The van der Waals surface area contributed by atoms with Crippen LogP contribution in [0.5, 0.6) is 0 Å². The van der Waals surface area contributed by atoms with Crippen LogP contribution in [-0.4, -0.2) is 26.7 Å². The highest BCUT2D eigenvalue weighted by Crippen LogP contribution is 2.21. The average Bonchev–Trinajstić information content (AvgIpc) is 3.13. The lowest BCUT2D eigenvalue weighted by atomic mass is 10.2. The Morgan fingerprint density at radius 1 is 1.30 bits per heavy atom. The van der Waals surface area contributed by atoms with Crippen molar-refractivity contribution in [1.82, 2.24) is 20.0 Å². The van der Waals surface area contributed by atoms with Crippen LogP contribution >= 0.6 is 11.6 Å². The van der Waals surface area contributed by atoms with Gasteiger partial charge in [0, 0.05) is 22.8 Å². The van der Waals surface area contributed by atoms with Crippen LogP contribution < -0.4 is 10.9 Å². The van der Waals surface area contributed by atoms with Crippen molar-refractivity contribution in [3.63, 3.8) is 0 Å². The summed E-state index contributed by atoms with van der Waals surface area (Å²) >= 11 is 5.88. The quantitative estimate of drug-likeness (QED) is 0.702. The summed E-state index contributed by atoms with van der Waals surface area (Å²) in [5.74, 6) is 0.226. The van der Waals surface area contributed by atoms with Crippen molar-refractivity contribution in [2.45, 2.75) is 32.9 Å². The van der Waals surface area contributed by atoms with Crippen molar-refractivity contribution in [3.8, 4) is 22.8 Å². The number of nitrogens with zero attached hydrogens (tertiary/aromatic N) is 3. The van der Waals surface area contributed by atoms with E-state index >= 15 is 0 Å². The van der Waals surface area contributed by atoms with Crippen LogP contribution in [0.25, 0.3) is 22.8 Å². The summed E-state index contributed by atoms with van der Waals surface area (Å²) < 4.78 is 6.57. The molecule has 1 atom stereocenters. The Kier molecular flexibility index (Phi) is 5.71.